The average molecular weight is 251 g/mol. The summed E-state index contributed by atoms with van der Waals surface area (Å²) in [6, 6.07) is 0.597. The van der Waals surface area contributed by atoms with Crippen molar-refractivity contribution in [2.24, 2.45) is 5.92 Å². The SMILES string of the molecule is CC(=CCCNC(C)C)C1CCOC2(CCC2)C1. The van der Waals surface area contributed by atoms with E-state index < -0.39 is 0 Å². The van der Waals surface area contributed by atoms with Crippen LogP contribution < -0.4 is 5.32 Å². The van der Waals surface area contributed by atoms with Gasteiger partial charge in [-0.15, -0.1) is 0 Å². The maximum Gasteiger partial charge on any atom is 0.0688 e. The van der Waals surface area contributed by atoms with Crippen molar-refractivity contribution in [3.8, 4) is 0 Å². The van der Waals surface area contributed by atoms with Crippen LogP contribution in [0.15, 0.2) is 11.6 Å². The highest BCUT2D eigenvalue weighted by Crippen LogP contribution is 2.45. The van der Waals surface area contributed by atoms with E-state index in [0.717, 1.165) is 25.5 Å². The molecule has 1 N–H and O–H groups in total. The first-order chi connectivity index (χ1) is 8.61. The molecule has 1 heterocycles. The highest BCUT2D eigenvalue weighted by atomic mass is 16.5. The van der Waals surface area contributed by atoms with Crippen LogP contribution in [-0.2, 0) is 4.74 Å². The van der Waals surface area contributed by atoms with Gasteiger partial charge in [0.05, 0.1) is 5.60 Å². The molecule has 1 saturated carbocycles. The van der Waals surface area contributed by atoms with Gasteiger partial charge in [-0.25, -0.2) is 0 Å². The molecule has 104 valence electrons. The summed E-state index contributed by atoms with van der Waals surface area (Å²) in [6.07, 6.45) is 10.1. The molecule has 1 unspecified atom stereocenters. The van der Waals surface area contributed by atoms with Gasteiger partial charge in [0.1, 0.15) is 0 Å². The van der Waals surface area contributed by atoms with Crippen LogP contribution in [0.5, 0.6) is 0 Å². The Hall–Kier alpha value is -0.340. The number of rotatable bonds is 5. The predicted octanol–water partition coefficient (Wildman–Crippen LogP) is 3.67. The molecule has 0 aromatic carbocycles. The molecule has 2 heteroatoms. The van der Waals surface area contributed by atoms with Crippen LogP contribution >= 0.6 is 0 Å². The highest BCUT2D eigenvalue weighted by Gasteiger charge is 2.42. The molecule has 0 aromatic heterocycles. The van der Waals surface area contributed by atoms with Crippen LogP contribution in [0.25, 0.3) is 0 Å². The standard InChI is InChI=1S/C16H29NO/c1-13(2)17-10-4-6-14(3)15-7-11-18-16(12-15)8-5-9-16/h6,13,15,17H,4-5,7-12H2,1-3H3. The zero-order valence-electron chi connectivity index (χ0n) is 12.3. The minimum atomic E-state index is 0.286. The normalized spacial score (nSPS) is 27.6. The topological polar surface area (TPSA) is 21.3 Å². The summed E-state index contributed by atoms with van der Waals surface area (Å²) in [6.45, 7) is 8.80. The van der Waals surface area contributed by atoms with Crippen molar-refractivity contribution in [1.82, 2.24) is 5.32 Å². The Morgan fingerprint density at radius 3 is 2.83 bits per heavy atom. The van der Waals surface area contributed by atoms with Crippen LogP contribution in [0, 0.1) is 5.92 Å². The average Bonchev–Trinajstić information content (AvgIpc) is 2.32. The Kier molecular flexibility index (Phi) is 4.85. The van der Waals surface area contributed by atoms with Gasteiger partial charge in [0, 0.05) is 12.6 Å². The second kappa shape index (κ2) is 6.21. The summed E-state index contributed by atoms with van der Waals surface area (Å²) in [5.74, 6) is 0.776. The summed E-state index contributed by atoms with van der Waals surface area (Å²) in [5, 5.41) is 3.47. The van der Waals surface area contributed by atoms with Crippen LogP contribution in [0.4, 0.5) is 0 Å². The van der Waals surface area contributed by atoms with Gasteiger partial charge in [-0.3, -0.25) is 0 Å². The third-order valence-electron chi connectivity index (χ3n) is 4.56. The van der Waals surface area contributed by atoms with Gasteiger partial charge in [-0.05, 0) is 57.9 Å². The molecule has 18 heavy (non-hydrogen) atoms. The summed E-state index contributed by atoms with van der Waals surface area (Å²) in [5.41, 5.74) is 1.88. The Morgan fingerprint density at radius 1 is 1.44 bits per heavy atom. The molecule has 1 aliphatic heterocycles. The van der Waals surface area contributed by atoms with Crippen molar-refractivity contribution in [2.75, 3.05) is 13.2 Å². The summed E-state index contributed by atoms with van der Waals surface area (Å²) < 4.78 is 6.00. The monoisotopic (exact) mass is 251 g/mol. The van der Waals surface area contributed by atoms with Gasteiger partial charge >= 0.3 is 0 Å². The lowest BCUT2D eigenvalue weighted by molar-refractivity contribution is -0.138. The Balaban J connectivity index is 1.77. The lowest BCUT2D eigenvalue weighted by Crippen LogP contribution is -2.45. The third-order valence-corrected chi connectivity index (χ3v) is 4.56. The molecule has 2 aliphatic rings. The van der Waals surface area contributed by atoms with Crippen LogP contribution in [-0.4, -0.2) is 24.8 Å². The molecule has 1 saturated heterocycles. The molecule has 1 spiro atoms. The smallest absolute Gasteiger partial charge is 0.0688 e. The summed E-state index contributed by atoms with van der Waals surface area (Å²) in [4.78, 5) is 0. The van der Waals surface area contributed by atoms with E-state index in [1.807, 2.05) is 0 Å². The number of nitrogens with one attached hydrogen (secondary N) is 1. The van der Waals surface area contributed by atoms with Crippen molar-refractivity contribution < 1.29 is 4.74 Å². The highest BCUT2D eigenvalue weighted by molar-refractivity contribution is 5.08. The first-order valence-corrected chi connectivity index (χ1v) is 7.65. The predicted molar refractivity (Wildman–Crippen MR) is 76.8 cm³/mol. The second-order valence-corrected chi connectivity index (χ2v) is 6.42. The fraction of sp³-hybridized carbons (Fsp3) is 0.875. The van der Waals surface area contributed by atoms with Gasteiger partial charge in [0.25, 0.3) is 0 Å². The Bertz CT molecular complexity index is 291. The molecule has 1 aliphatic carbocycles. The molecule has 0 amide bonds. The minimum absolute atomic E-state index is 0.286. The molecule has 0 radical (unpaired) electrons. The molecule has 2 rings (SSSR count). The van der Waals surface area contributed by atoms with Gasteiger partial charge in [-0.2, -0.15) is 0 Å². The fourth-order valence-corrected chi connectivity index (χ4v) is 3.17. The van der Waals surface area contributed by atoms with E-state index in [9.17, 15) is 0 Å². The third kappa shape index (κ3) is 3.58. The molecular weight excluding hydrogens is 222 g/mol. The number of allylic oxidation sites excluding steroid dienone is 1. The second-order valence-electron chi connectivity index (χ2n) is 6.42. The Labute approximate surface area is 112 Å². The zero-order valence-corrected chi connectivity index (χ0v) is 12.3. The number of hydrogen-bond donors (Lipinski definition) is 1. The molecule has 2 nitrogen and oxygen atoms in total. The van der Waals surface area contributed by atoms with Gasteiger partial charge in [0.15, 0.2) is 0 Å². The van der Waals surface area contributed by atoms with E-state index >= 15 is 0 Å². The van der Waals surface area contributed by atoms with Crippen LogP contribution in [0.1, 0.15) is 59.3 Å². The molecule has 1 atom stereocenters. The van der Waals surface area contributed by atoms with Gasteiger partial charge in [0.2, 0.25) is 0 Å². The van der Waals surface area contributed by atoms with Crippen molar-refractivity contribution >= 4 is 0 Å². The van der Waals surface area contributed by atoms with Crippen molar-refractivity contribution in [3.05, 3.63) is 11.6 Å². The van der Waals surface area contributed by atoms with E-state index in [1.165, 1.54) is 32.1 Å². The Morgan fingerprint density at radius 2 is 2.22 bits per heavy atom. The van der Waals surface area contributed by atoms with E-state index in [0.29, 0.717) is 6.04 Å². The zero-order chi connectivity index (χ0) is 13.0. The maximum absolute atomic E-state index is 6.00. The van der Waals surface area contributed by atoms with E-state index in [-0.39, 0.29) is 5.60 Å². The number of ether oxygens (including phenoxy) is 1. The van der Waals surface area contributed by atoms with Gasteiger partial charge < -0.3 is 10.1 Å². The summed E-state index contributed by atoms with van der Waals surface area (Å²) in [7, 11) is 0. The van der Waals surface area contributed by atoms with E-state index in [4.69, 9.17) is 4.74 Å². The molecule has 0 bridgehead atoms. The van der Waals surface area contributed by atoms with E-state index in [2.05, 4.69) is 32.2 Å². The molecule has 0 aromatic rings. The van der Waals surface area contributed by atoms with Crippen molar-refractivity contribution in [1.29, 1.82) is 0 Å². The fourth-order valence-electron chi connectivity index (χ4n) is 3.17. The number of hydrogen-bond acceptors (Lipinski definition) is 2. The van der Waals surface area contributed by atoms with Gasteiger partial charge in [-0.1, -0.05) is 25.5 Å². The summed E-state index contributed by atoms with van der Waals surface area (Å²) >= 11 is 0. The first-order valence-electron chi connectivity index (χ1n) is 7.65. The van der Waals surface area contributed by atoms with E-state index in [1.54, 1.807) is 5.57 Å². The quantitative estimate of drug-likeness (QED) is 0.594. The van der Waals surface area contributed by atoms with Crippen molar-refractivity contribution in [2.45, 2.75) is 70.9 Å². The lowest BCUT2D eigenvalue weighted by atomic mass is 9.70. The minimum Gasteiger partial charge on any atom is -0.375 e. The molecule has 2 fully saturated rings. The maximum atomic E-state index is 6.00. The largest absolute Gasteiger partial charge is 0.375 e. The van der Waals surface area contributed by atoms with Crippen molar-refractivity contribution in [3.63, 3.8) is 0 Å². The lowest BCUT2D eigenvalue weighted by Gasteiger charge is -2.47. The molecular formula is C16H29NO. The first kappa shape index (κ1) is 14.1. The van der Waals surface area contributed by atoms with Crippen LogP contribution in [0.3, 0.4) is 0 Å². The van der Waals surface area contributed by atoms with Crippen LogP contribution in [0.2, 0.25) is 0 Å².